The molecular formula is C21H20BrClN2O3. The summed E-state index contributed by atoms with van der Waals surface area (Å²) in [7, 11) is 3.80. The zero-order valence-corrected chi connectivity index (χ0v) is 17.9. The van der Waals surface area contributed by atoms with Gasteiger partial charge in [-0.3, -0.25) is 9.59 Å². The molecule has 3 rings (SSSR count). The van der Waals surface area contributed by atoms with E-state index in [-0.39, 0.29) is 11.3 Å². The zero-order valence-electron chi connectivity index (χ0n) is 15.5. The van der Waals surface area contributed by atoms with Gasteiger partial charge in [0, 0.05) is 28.1 Å². The van der Waals surface area contributed by atoms with Crippen molar-refractivity contribution >= 4 is 45.0 Å². The first-order valence-corrected chi connectivity index (χ1v) is 9.91. The number of likely N-dealkylation sites (N-methyl/N-ethyl adjacent to an activating group) is 1. The minimum atomic E-state index is -0.681. The van der Waals surface area contributed by atoms with Gasteiger partial charge in [0.2, 0.25) is 0 Å². The van der Waals surface area contributed by atoms with E-state index in [2.05, 4.69) is 15.9 Å². The molecule has 7 heteroatoms. The zero-order chi connectivity index (χ0) is 20.4. The highest BCUT2D eigenvalue weighted by molar-refractivity contribution is 9.10. The Bertz CT molecular complexity index is 924. The fourth-order valence-corrected chi connectivity index (χ4v) is 3.56. The van der Waals surface area contributed by atoms with Crippen molar-refractivity contribution in [1.29, 1.82) is 0 Å². The Morgan fingerprint density at radius 2 is 1.71 bits per heavy atom. The summed E-state index contributed by atoms with van der Waals surface area (Å²) in [6.07, 6.45) is 0. The van der Waals surface area contributed by atoms with Gasteiger partial charge >= 0.3 is 0 Å². The van der Waals surface area contributed by atoms with E-state index in [4.69, 9.17) is 11.6 Å². The van der Waals surface area contributed by atoms with Gasteiger partial charge in [0.05, 0.1) is 11.6 Å². The Morgan fingerprint density at radius 1 is 1.11 bits per heavy atom. The van der Waals surface area contributed by atoms with Gasteiger partial charge in [-0.2, -0.15) is 0 Å². The summed E-state index contributed by atoms with van der Waals surface area (Å²) in [4.78, 5) is 29.0. The largest absolute Gasteiger partial charge is 0.507 e. The van der Waals surface area contributed by atoms with Crippen molar-refractivity contribution in [2.45, 2.75) is 6.04 Å². The third-order valence-corrected chi connectivity index (χ3v) is 5.41. The molecule has 0 aromatic heterocycles. The standard InChI is InChI=1S/C21H20BrClN2O3/c1-24(2)11-12-25-18(13-3-7-15(22)8-4-13)17(20(27)21(25)28)19(26)14-5-9-16(23)10-6-14/h3-10,18,26H,11-12H2,1-2H3. The maximum atomic E-state index is 12.8. The molecule has 1 heterocycles. The molecule has 1 N–H and O–H groups in total. The highest BCUT2D eigenvalue weighted by atomic mass is 79.9. The summed E-state index contributed by atoms with van der Waals surface area (Å²) in [5.41, 5.74) is 1.29. The average molecular weight is 464 g/mol. The van der Waals surface area contributed by atoms with Crippen LogP contribution in [0.1, 0.15) is 17.2 Å². The molecule has 0 bridgehead atoms. The molecule has 1 atom stereocenters. The van der Waals surface area contributed by atoms with Crippen LogP contribution in [0.2, 0.25) is 5.02 Å². The molecule has 1 saturated heterocycles. The number of carbonyl (C=O) groups is 2. The number of rotatable bonds is 5. The second-order valence-electron chi connectivity index (χ2n) is 6.85. The number of hydrogen-bond acceptors (Lipinski definition) is 4. The van der Waals surface area contributed by atoms with Crippen molar-refractivity contribution in [2.24, 2.45) is 0 Å². The summed E-state index contributed by atoms with van der Waals surface area (Å²) in [5.74, 6) is -1.49. The van der Waals surface area contributed by atoms with Crippen LogP contribution in [0.5, 0.6) is 0 Å². The Balaban J connectivity index is 2.13. The molecule has 0 spiro atoms. The first kappa shape index (κ1) is 20.6. The molecule has 1 fully saturated rings. The molecule has 0 saturated carbocycles. The molecule has 0 radical (unpaired) electrons. The van der Waals surface area contributed by atoms with Crippen molar-refractivity contribution in [3.8, 4) is 0 Å². The SMILES string of the molecule is CN(C)CCN1C(=O)C(=O)C(=C(O)c2ccc(Cl)cc2)C1c1ccc(Br)cc1. The maximum Gasteiger partial charge on any atom is 0.295 e. The van der Waals surface area contributed by atoms with Crippen LogP contribution >= 0.6 is 27.5 Å². The lowest BCUT2D eigenvalue weighted by Gasteiger charge is -2.26. The van der Waals surface area contributed by atoms with Crippen LogP contribution in [-0.2, 0) is 9.59 Å². The number of carbonyl (C=O) groups excluding carboxylic acids is 2. The number of aliphatic hydroxyl groups is 1. The van der Waals surface area contributed by atoms with E-state index in [1.54, 1.807) is 24.3 Å². The van der Waals surface area contributed by atoms with Crippen LogP contribution in [0.25, 0.3) is 5.76 Å². The molecule has 2 aromatic rings. The number of ketones is 1. The van der Waals surface area contributed by atoms with E-state index in [9.17, 15) is 14.7 Å². The van der Waals surface area contributed by atoms with Crippen molar-refractivity contribution < 1.29 is 14.7 Å². The van der Waals surface area contributed by atoms with Gasteiger partial charge in [-0.1, -0.05) is 39.7 Å². The van der Waals surface area contributed by atoms with Gasteiger partial charge < -0.3 is 14.9 Å². The van der Waals surface area contributed by atoms with Crippen LogP contribution in [0.3, 0.4) is 0 Å². The maximum absolute atomic E-state index is 12.8. The molecule has 5 nitrogen and oxygen atoms in total. The van der Waals surface area contributed by atoms with Crippen LogP contribution in [0, 0.1) is 0 Å². The fraction of sp³-hybridized carbons (Fsp3) is 0.238. The number of halogens is 2. The minimum absolute atomic E-state index is 0.0911. The first-order valence-electron chi connectivity index (χ1n) is 8.74. The van der Waals surface area contributed by atoms with Gasteiger partial charge in [0.25, 0.3) is 11.7 Å². The van der Waals surface area contributed by atoms with Crippen LogP contribution < -0.4 is 0 Å². The monoisotopic (exact) mass is 462 g/mol. The lowest BCUT2D eigenvalue weighted by Crippen LogP contribution is -2.35. The third-order valence-electron chi connectivity index (χ3n) is 4.63. The van der Waals surface area contributed by atoms with E-state index < -0.39 is 17.7 Å². The third kappa shape index (κ3) is 4.14. The number of amides is 1. The van der Waals surface area contributed by atoms with E-state index in [1.165, 1.54) is 4.90 Å². The summed E-state index contributed by atoms with van der Waals surface area (Å²) in [6.45, 7) is 0.969. The number of Topliss-reactive ketones (excluding diaryl/α,β-unsaturated/α-hetero) is 1. The topological polar surface area (TPSA) is 60.9 Å². The summed E-state index contributed by atoms with van der Waals surface area (Å²) in [5, 5.41) is 11.4. The Hall–Kier alpha value is -2.15. The number of benzene rings is 2. The summed E-state index contributed by atoms with van der Waals surface area (Å²) < 4.78 is 0.888. The lowest BCUT2D eigenvalue weighted by atomic mass is 9.95. The van der Waals surface area contributed by atoms with Gasteiger partial charge in [0.15, 0.2) is 0 Å². The van der Waals surface area contributed by atoms with Crippen LogP contribution in [0.15, 0.2) is 58.6 Å². The Kier molecular flexibility index (Phi) is 6.23. The van der Waals surface area contributed by atoms with Gasteiger partial charge in [-0.15, -0.1) is 0 Å². The summed E-state index contributed by atoms with van der Waals surface area (Å²) in [6, 6.07) is 13.3. The number of likely N-dealkylation sites (tertiary alicyclic amines) is 1. The molecule has 0 aliphatic carbocycles. The highest BCUT2D eigenvalue weighted by Crippen LogP contribution is 2.39. The Labute approximate surface area is 177 Å². The predicted octanol–water partition coefficient (Wildman–Crippen LogP) is 4.09. The lowest BCUT2D eigenvalue weighted by molar-refractivity contribution is -0.140. The van der Waals surface area contributed by atoms with Gasteiger partial charge in [-0.25, -0.2) is 0 Å². The molecule has 1 unspecified atom stereocenters. The fourth-order valence-electron chi connectivity index (χ4n) is 3.17. The van der Waals surface area contributed by atoms with Crippen molar-refractivity contribution in [2.75, 3.05) is 27.2 Å². The molecule has 146 valence electrons. The molecule has 1 aliphatic rings. The molecular weight excluding hydrogens is 444 g/mol. The van der Waals surface area contributed by atoms with Crippen molar-refractivity contribution in [1.82, 2.24) is 9.80 Å². The van der Waals surface area contributed by atoms with Gasteiger partial charge in [-0.05, 0) is 56.1 Å². The number of hydrogen-bond donors (Lipinski definition) is 1. The molecule has 2 aromatic carbocycles. The van der Waals surface area contributed by atoms with Crippen LogP contribution in [0.4, 0.5) is 0 Å². The molecule has 28 heavy (non-hydrogen) atoms. The minimum Gasteiger partial charge on any atom is -0.507 e. The molecule has 1 aliphatic heterocycles. The second kappa shape index (κ2) is 8.47. The second-order valence-corrected chi connectivity index (χ2v) is 8.21. The van der Waals surface area contributed by atoms with Crippen LogP contribution in [-0.4, -0.2) is 53.8 Å². The first-order chi connectivity index (χ1) is 13.3. The highest BCUT2D eigenvalue weighted by Gasteiger charge is 2.45. The van der Waals surface area contributed by atoms with E-state index in [0.29, 0.717) is 23.7 Å². The van der Waals surface area contributed by atoms with Crippen molar-refractivity contribution in [3.05, 3.63) is 74.7 Å². The number of aliphatic hydroxyl groups excluding tert-OH is 1. The van der Waals surface area contributed by atoms with Crippen molar-refractivity contribution in [3.63, 3.8) is 0 Å². The quantitative estimate of drug-likeness (QED) is 0.412. The van der Waals surface area contributed by atoms with E-state index in [1.807, 2.05) is 43.3 Å². The average Bonchev–Trinajstić information content (AvgIpc) is 2.91. The van der Waals surface area contributed by atoms with E-state index in [0.717, 1.165) is 10.0 Å². The summed E-state index contributed by atoms with van der Waals surface area (Å²) >= 11 is 9.33. The van der Waals surface area contributed by atoms with Gasteiger partial charge in [0.1, 0.15) is 5.76 Å². The number of nitrogens with zero attached hydrogens (tertiary/aromatic N) is 2. The smallest absolute Gasteiger partial charge is 0.295 e. The predicted molar refractivity (Wildman–Crippen MR) is 113 cm³/mol. The van der Waals surface area contributed by atoms with E-state index >= 15 is 0 Å². The Morgan fingerprint density at radius 3 is 2.29 bits per heavy atom. The normalized spacial score (nSPS) is 18.9. The molecule has 1 amide bonds.